The number of esters is 1. The van der Waals surface area contributed by atoms with Gasteiger partial charge in [-0.05, 0) is 42.5 Å². The molecule has 0 radical (unpaired) electrons. The van der Waals surface area contributed by atoms with Crippen LogP contribution in [-0.2, 0) is 4.74 Å². The fraction of sp³-hybridized carbons (Fsp3) is 0.0714. The van der Waals surface area contributed by atoms with E-state index in [2.05, 4.69) is 4.74 Å². The average molecular weight is 313 g/mol. The van der Waals surface area contributed by atoms with E-state index in [-0.39, 0.29) is 0 Å². The first-order chi connectivity index (χ1) is 9.10. The lowest BCUT2D eigenvalue weighted by molar-refractivity contribution is 0.0600. The highest BCUT2D eigenvalue weighted by Gasteiger charge is 2.09. The Labute approximate surface area is 125 Å². The number of benzene rings is 2. The first kappa shape index (κ1) is 14.3. The molecule has 0 saturated heterocycles. The van der Waals surface area contributed by atoms with E-state index in [0.29, 0.717) is 15.6 Å². The molecule has 0 aliphatic heterocycles. The van der Waals surface area contributed by atoms with Crippen LogP contribution in [0.1, 0.15) is 10.4 Å². The van der Waals surface area contributed by atoms with Crippen LogP contribution in [0.15, 0.2) is 52.3 Å². The minimum absolute atomic E-state index is 0.398. The van der Waals surface area contributed by atoms with E-state index in [1.807, 2.05) is 24.3 Å². The van der Waals surface area contributed by atoms with Gasteiger partial charge in [0.1, 0.15) is 0 Å². The van der Waals surface area contributed by atoms with Crippen LogP contribution in [0.4, 0.5) is 0 Å². The second-order valence-corrected chi connectivity index (χ2v) is 5.65. The summed E-state index contributed by atoms with van der Waals surface area (Å²) in [5.74, 6) is -0.398. The molecule has 0 amide bonds. The van der Waals surface area contributed by atoms with Gasteiger partial charge in [0.2, 0.25) is 0 Å². The van der Waals surface area contributed by atoms with Gasteiger partial charge in [-0.25, -0.2) is 4.79 Å². The molecule has 2 aromatic rings. The van der Waals surface area contributed by atoms with E-state index >= 15 is 0 Å². The Morgan fingerprint density at radius 2 is 1.79 bits per heavy atom. The molecule has 0 bridgehead atoms. The van der Waals surface area contributed by atoms with Crippen molar-refractivity contribution in [1.82, 2.24) is 0 Å². The Hall–Kier alpha value is -1.16. The number of halogens is 2. The van der Waals surface area contributed by atoms with Crippen molar-refractivity contribution in [3.63, 3.8) is 0 Å². The van der Waals surface area contributed by atoms with Crippen molar-refractivity contribution < 1.29 is 9.53 Å². The van der Waals surface area contributed by atoms with Crippen molar-refractivity contribution in [3.05, 3.63) is 58.1 Å². The van der Waals surface area contributed by atoms with Crippen molar-refractivity contribution in [2.24, 2.45) is 0 Å². The number of hydrogen-bond donors (Lipinski definition) is 0. The maximum absolute atomic E-state index is 11.4. The summed E-state index contributed by atoms with van der Waals surface area (Å²) in [7, 11) is 1.34. The number of carbonyl (C=O) groups is 1. The lowest BCUT2D eigenvalue weighted by Crippen LogP contribution is -2.00. The highest BCUT2D eigenvalue weighted by atomic mass is 35.5. The first-order valence-corrected chi connectivity index (χ1v) is 6.98. The molecular formula is C14H10Cl2O2S. The van der Waals surface area contributed by atoms with Gasteiger partial charge < -0.3 is 4.74 Å². The normalized spacial score (nSPS) is 10.3. The summed E-state index contributed by atoms with van der Waals surface area (Å²) in [6.45, 7) is 0. The second kappa shape index (κ2) is 6.33. The third-order valence-corrected chi connectivity index (χ3v) is 4.15. The van der Waals surface area contributed by atoms with Crippen LogP contribution < -0.4 is 0 Å². The Morgan fingerprint density at radius 1 is 1.11 bits per heavy atom. The van der Waals surface area contributed by atoms with Gasteiger partial charge in [0.05, 0.1) is 17.7 Å². The number of methoxy groups -OCH3 is 1. The first-order valence-electron chi connectivity index (χ1n) is 5.41. The maximum Gasteiger partial charge on any atom is 0.337 e. The molecule has 0 atom stereocenters. The van der Waals surface area contributed by atoms with Crippen LogP contribution in [0, 0.1) is 0 Å². The molecule has 0 fully saturated rings. The molecule has 0 unspecified atom stereocenters. The minimum Gasteiger partial charge on any atom is -0.465 e. The van der Waals surface area contributed by atoms with Crippen LogP contribution >= 0.6 is 35.0 Å². The summed E-state index contributed by atoms with van der Waals surface area (Å²) in [6.07, 6.45) is 0. The molecule has 5 heteroatoms. The predicted molar refractivity (Wildman–Crippen MR) is 78.4 cm³/mol. The van der Waals surface area contributed by atoms with E-state index < -0.39 is 5.97 Å². The van der Waals surface area contributed by atoms with Gasteiger partial charge in [0, 0.05) is 14.8 Å². The SMILES string of the molecule is COC(=O)c1ccc(Sc2ccc(Cl)cc2)c(Cl)c1. The van der Waals surface area contributed by atoms with Crippen molar-refractivity contribution in [3.8, 4) is 0 Å². The van der Waals surface area contributed by atoms with Crippen molar-refractivity contribution in [2.45, 2.75) is 9.79 Å². The van der Waals surface area contributed by atoms with E-state index in [4.69, 9.17) is 23.2 Å². The standard InChI is InChI=1S/C14H10Cl2O2S/c1-18-14(17)9-2-7-13(12(16)8-9)19-11-5-3-10(15)4-6-11/h2-8H,1H3. The number of ether oxygens (including phenoxy) is 1. The zero-order valence-electron chi connectivity index (χ0n) is 10.0. The molecule has 19 heavy (non-hydrogen) atoms. The Kier molecular flexibility index (Phi) is 4.75. The summed E-state index contributed by atoms with van der Waals surface area (Å²) in [5.41, 5.74) is 0.438. The minimum atomic E-state index is -0.398. The molecule has 0 saturated carbocycles. The van der Waals surface area contributed by atoms with E-state index in [1.54, 1.807) is 18.2 Å². The molecule has 0 aliphatic rings. The average Bonchev–Trinajstić information content (AvgIpc) is 2.42. The predicted octanol–water partition coefficient (Wildman–Crippen LogP) is 4.93. The lowest BCUT2D eigenvalue weighted by Gasteiger charge is -2.06. The van der Waals surface area contributed by atoms with Crippen molar-refractivity contribution in [1.29, 1.82) is 0 Å². The Balaban J connectivity index is 2.22. The van der Waals surface area contributed by atoms with E-state index in [9.17, 15) is 4.79 Å². The molecule has 0 N–H and O–H groups in total. The lowest BCUT2D eigenvalue weighted by atomic mass is 10.2. The monoisotopic (exact) mass is 312 g/mol. The van der Waals surface area contributed by atoms with Gasteiger partial charge in [-0.3, -0.25) is 0 Å². The summed E-state index contributed by atoms with van der Waals surface area (Å²) in [5, 5.41) is 1.21. The van der Waals surface area contributed by atoms with Crippen molar-refractivity contribution in [2.75, 3.05) is 7.11 Å². The maximum atomic E-state index is 11.4. The second-order valence-electron chi connectivity index (χ2n) is 3.69. The van der Waals surface area contributed by atoms with Gasteiger partial charge in [0.25, 0.3) is 0 Å². The fourth-order valence-corrected chi connectivity index (χ4v) is 2.70. The fourth-order valence-electron chi connectivity index (χ4n) is 1.46. The summed E-state index contributed by atoms with van der Waals surface area (Å²) in [6, 6.07) is 12.6. The summed E-state index contributed by atoms with van der Waals surface area (Å²) >= 11 is 13.5. The van der Waals surface area contributed by atoms with Gasteiger partial charge in [-0.15, -0.1) is 0 Å². The van der Waals surface area contributed by atoms with Crippen LogP contribution in [0.3, 0.4) is 0 Å². The summed E-state index contributed by atoms with van der Waals surface area (Å²) in [4.78, 5) is 13.3. The highest BCUT2D eigenvalue weighted by molar-refractivity contribution is 7.99. The van der Waals surface area contributed by atoms with Crippen molar-refractivity contribution >= 4 is 40.9 Å². The van der Waals surface area contributed by atoms with Gasteiger partial charge in [-0.2, -0.15) is 0 Å². The third kappa shape index (κ3) is 3.66. The molecule has 2 aromatic carbocycles. The van der Waals surface area contributed by atoms with Gasteiger partial charge in [-0.1, -0.05) is 35.0 Å². The molecule has 2 nitrogen and oxygen atoms in total. The number of rotatable bonds is 3. The van der Waals surface area contributed by atoms with Gasteiger partial charge in [0.15, 0.2) is 0 Å². The van der Waals surface area contributed by atoms with Crippen LogP contribution in [0.2, 0.25) is 10.0 Å². The van der Waals surface area contributed by atoms with Crippen LogP contribution in [0.25, 0.3) is 0 Å². The van der Waals surface area contributed by atoms with Crippen LogP contribution in [0.5, 0.6) is 0 Å². The smallest absolute Gasteiger partial charge is 0.337 e. The topological polar surface area (TPSA) is 26.3 Å². The van der Waals surface area contributed by atoms with E-state index in [0.717, 1.165) is 9.79 Å². The number of carbonyl (C=O) groups excluding carboxylic acids is 1. The number of hydrogen-bond acceptors (Lipinski definition) is 3. The Bertz CT molecular complexity index is 597. The molecule has 0 heterocycles. The quantitative estimate of drug-likeness (QED) is 0.751. The summed E-state index contributed by atoms with van der Waals surface area (Å²) < 4.78 is 4.64. The third-order valence-electron chi connectivity index (χ3n) is 2.39. The highest BCUT2D eigenvalue weighted by Crippen LogP contribution is 2.34. The molecule has 0 spiro atoms. The molecule has 98 valence electrons. The van der Waals surface area contributed by atoms with E-state index in [1.165, 1.54) is 18.9 Å². The molecular weight excluding hydrogens is 303 g/mol. The largest absolute Gasteiger partial charge is 0.465 e. The molecule has 2 rings (SSSR count). The van der Waals surface area contributed by atoms with Gasteiger partial charge >= 0.3 is 5.97 Å². The zero-order chi connectivity index (χ0) is 13.8. The Morgan fingerprint density at radius 3 is 2.37 bits per heavy atom. The molecule has 0 aliphatic carbocycles. The zero-order valence-corrected chi connectivity index (χ0v) is 12.4. The van der Waals surface area contributed by atoms with Crippen LogP contribution in [-0.4, -0.2) is 13.1 Å². The molecule has 0 aromatic heterocycles.